The van der Waals surface area contributed by atoms with E-state index in [0.717, 1.165) is 16.2 Å². The maximum absolute atomic E-state index is 10.4. The predicted octanol–water partition coefficient (Wildman–Crippen LogP) is 1.13. The van der Waals surface area contributed by atoms with Crippen molar-refractivity contribution < 1.29 is 9.90 Å². The Morgan fingerprint density at radius 1 is 1.82 bits per heavy atom. The lowest BCUT2D eigenvalue weighted by atomic mass is 10.4. The number of hydrogen-bond donors (Lipinski definition) is 1. The van der Waals surface area contributed by atoms with Gasteiger partial charge in [-0.25, -0.2) is 9.78 Å². The van der Waals surface area contributed by atoms with E-state index >= 15 is 0 Å². The smallest absolute Gasteiger partial charge is 0.365 e. The molecule has 4 heteroatoms. The first-order chi connectivity index (χ1) is 5.15. The maximum atomic E-state index is 10.4. The minimum atomic E-state index is -1.03. The number of carboxylic acid groups (broad SMARTS) is 1. The van der Waals surface area contributed by atoms with E-state index in [1.165, 1.54) is 0 Å². The van der Waals surface area contributed by atoms with Gasteiger partial charge in [-0.2, -0.15) is 0 Å². The summed E-state index contributed by atoms with van der Waals surface area (Å²) in [7, 11) is 0. The Bertz CT molecular complexity index is 335. The zero-order valence-corrected chi connectivity index (χ0v) is 6.60. The lowest BCUT2D eigenvalue weighted by Crippen LogP contribution is -1.94. The second-order valence-electron chi connectivity index (χ2n) is 1.87. The molecular weight excluding hydrogens is 162 g/mol. The first-order valence-electron chi connectivity index (χ1n) is 2.82. The van der Waals surface area contributed by atoms with Crippen LogP contribution >= 0.6 is 11.3 Å². The average Bonchev–Trinajstić information content (AvgIpc) is 2.31. The summed E-state index contributed by atoms with van der Waals surface area (Å²) in [4.78, 5) is 14.8. The molecule has 0 bridgehead atoms. The Morgan fingerprint density at radius 2 is 2.45 bits per heavy atom. The Labute approximate surface area is 67.7 Å². The van der Waals surface area contributed by atoms with Crippen LogP contribution in [0.3, 0.4) is 0 Å². The van der Waals surface area contributed by atoms with Crippen LogP contribution in [0.25, 0.3) is 0 Å². The van der Waals surface area contributed by atoms with Crippen molar-refractivity contribution in [2.45, 2.75) is 6.92 Å². The third-order valence-electron chi connectivity index (χ3n) is 1.12. The van der Waals surface area contributed by atoms with E-state index in [1.54, 1.807) is 6.92 Å². The number of thiazole rings is 1. The lowest BCUT2D eigenvalue weighted by molar-refractivity contribution is 0.0696. The average molecular weight is 167 g/mol. The molecule has 1 aromatic rings. The Kier molecular flexibility index (Phi) is 1.92. The summed E-state index contributed by atoms with van der Waals surface area (Å²) in [5, 5.41) is 8.55. The predicted molar refractivity (Wildman–Crippen MR) is 41.7 cm³/mol. The van der Waals surface area contributed by atoms with Crippen molar-refractivity contribution in [1.29, 1.82) is 0 Å². The zero-order valence-electron chi connectivity index (χ0n) is 5.79. The van der Waals surface area contributed by atoms with Crippen molar-refractivity contribution in [2.75, 3.05) is 0 Å². The number of aromatic nitrogens is 1. The van der Waals surface area contributed by atoms with E-state index in [4.69, 9.17) is 11.5 Å². The van der Waals surface area contributed by atoms with Gasteiger partial charge >= 0.3 is 5.97 Å². The number of aryl methyl sites for hydroxylation is 1. The van der Waals surface area contributed by atoms with Crippen LogP contribution in [0.4, 0.5) is 0 Å². The molecule has 0 aliphatic rings. The van der Waals surface area contributed by atoms with Crippen LogP contribution in [0.15, 0.2) is 0 Å². The Hall–Kier alpha value is -1.34. The highest BCUT2D eigenvalue weighted by Crippen LogP contribution is 2.15. The minimum absolute atomic E-state index is 0.0513. The standard InChI is InChI=1S/C7H5NO2S/c1-3-5-4(2)11-6(8-5)7(9)10/h1H,2H3,(H,9,10). The summed E-state index contributed by atoms with van der Waals surface area (Å²) in [5.41, 5.74) is 0.424. The summed E-state index contributed by atoms with van der Waals surface area (Å²) < 4.78 is 0. The fourth-order valence-corrected chi connectivity index (χ4v) is 1.34. The molecular formula is C7H5NO2S. The van der Waals surface area contributed by atoms with Crippen LogP contribution in [0.1, 0.15) is 20.4 Å². The van der Waals surface area contributed by atoms with Crippen molar-refractivity contribution in [2.24, 2.45) is 0 Å². The molecule has 3 nitrogen and oxygen atoms in total. The highest BCUT2D eigenvalue weighted by molar-refractivity contribution is 7.13. The zero-order chi connectivity index (χ0) is 8.43. The summed E-state index contributed by atoms with van der Waals surface area (Å²) in [6.07, 6.45) is 5.07. The molecule has 1 heterocycles. The molecule has 0 saturated carbocycles. The Balaban J connectivity index is 3.18. The fourth-order valence-electron chi connectivity index (χ4n) is 0.622. The van der Waals surface area contributed by atoms with Gasteiger partial charge < -0.3 is 5.11 Å². The highest BCUT2D eigenvalue weighted by Gasteiger charge is 2.10. The highest BCUT2D eigenvalue weighted by atomic mass is 32.1. The number of carbonyl (C=O) groups is 1. The van der Waals surface area contributed by atoms with Crippen molar-refractivity contribution in [3.05, 3.63) is 15.6 Å². The van der Waals surface area contributed by atoms with E-state index in [2.05, 4.69) is 10.9 Å². The van der Waals surface area contributed by atoms with Gasteiger partial charge in [0.15, 0.2) is 0 Å². The molecule has 0 unspecified atom stereocenters. The second-order valence-corrected chi connectivity index (χ2v) is 3.08. The normalized spacial score (nSPS) is 9.09. The van der Waals surface area contributed by atoms with Crippen molar-refractivity contribution >= 4 is 17.3 Å². The van der Waals surface area contributed by atoms with E-state index in [1.807, 2.05) is 0 Å². The van der Waals surface area contributed by atoms with Gasteiger partial charge in [0, 0.05) is 4.88 Å². The number of nitrogens with zero attached hydrogens (tertiary/aromatic N) is 1. The largest absolute Gasteiger partial charge is 0.476 e. The Morgan fingerprint density at radius 3 is 2.73 bits per heavy atom. The molecule has 56 valence electrons. The quantitative estimate of drug-likeness (QED) is 0.638. The summed E-state index contributed by atoms with van der Waals surface area (Å²) in [5.74, 6) is 1.28. The molecule has 0 aromatic carbocycles. The summed E-state index contributed by atoms with van der Waals surface area (Å²) >= 11 is 1.09. The van der Waals surface area contributed by atoms with Crippen LogP contribution in [-0.4, -0.2) is 16.1 Å². The number of aromatic carboxylic acids is 1. The number of carboxylic acids is 1. The minimum Gasteiger partial charge on any atom is -0.476 e. The van der Waals surface area contributed by atoms with Crippen LogP contribution in [-0.2, 0) is 0 Å². The van der Waals surface area contributed by atoms with E-state index < -0.39 is 5.97 Å². The number of hydrogen-bond acceptors (Lipinski definition) is 3. The molecule has 0 amide bonds. The number of rotatable bonds is 1. The van der Waals surface area contributed by atoms with Gasteiger partial charge in [0.2, 0.25) is 5.01 Å². The molecule has 0 fully saturated rings. The van der Waals surface area contributed by atoms with Gasteiger partial charge in [-0.05, 0) is 12.8 Å². The molecule has 0 aliphatic carbocycles. The molecule has 0 radical (unpaired) electrons. The van der Waals surface area contributed by atoms with Gasteiger partial charge in [-0.3, -0.25) is 0 Å². The first-order valence-corrected chi connectivity index (χ1v) is 3.64. The third kappa shape index (κ3) is 1.38. The van der Waals surface area contributed by atoms with Gasteiger partial charge in [-0.1, -0.05) is 0 Å². The fraction of sp³-hybridized carbons (Fsp3) is 0.143. The van der Waals surface area contributed by atoms with Crippen molar-refractivity contribution in [3.63, 3.8) is 0 Å². The lowest BCUT2D eigenvalue weighted by Gasteiger charge is -1.78. The van der Waals surface area contributed by atoms with Gasteiger partial charge in [-0.15, -0.1) is 17.8 Å². The second kappa shape index (κ2) is 2.72. The first kappa shape index (κ1) is 7.76. The maximum Gasteiger partial charge on any atom is 0.365 e. The topological polar surface area (TPSA) is 50.2 Å². The van der Waals surface area contributed by atoms with Crippen LogP contribution in [0.5, 0.6) is 0 Å². The monoisotopic (exact) mass is 167 g/mol. The van der Waals surface area contributed by atoms with E-state index in [9.17, 15) is 4.79 Å². The molecule has 0 spiro atoms. The molecule has 11 heavy (non-hydrogen) atoms. The third-order valence-corrected chi connectivity index (χ3v) is 2.08. The van der Waals surface area contributed by atoms with E-state index in [0.29, 0.717) is 5.69 Å². The molecule has 1 N–H and O–H groups in total. The molecule has 1 rings (SSSR count). The van der Waals surface area contributed by atoms with Crippen molar-refractivity contribution in [3.8, 4) is 12.3 Å². The van der Waals surface area contributed by atoms with Crippen LogP contribution in [0.2, 0.25) is 0 Å². The summed E-state index contributed by atoms with van der Waals surface area (Å²) in [6.45, 7) is 1.75. The van der Waals surface area contributed by atoms with Crippen LogP contribution in [0, 0.1) is 19.3 Å². The van der Waals surface area contributed by atoms with Crippen LogP contribution < -0.4 is 0 Å². The van der Waals surface area contributed by atoms with Crippen molar-refractivity contribution in [1.82, 2.24) is 4.98 Å². The van der Waals surface area contributed by atoms with E-state index in [-0.39, 0.29) is 5.01 Å². The van der Waals surface area contributed by atoms with Gasteiger partial charge in [0.1, 0.15) is 5.69 Å². The van der Waals surface area contributed by atoms with Gasteiger partial charge in [0.25, 0.3) is 0 Å². The molecule has 0 saturated heterocycles. The number of terminal acetylenes is 1. The van der Waals surface area contributed by atoms with Gasteiger partial charge in [0.05, 0.1) is 0 Å². The SMILES string of the molecule is C#Cc1nc(C(=O)O)sc1C. The summed E-state index contributed by atoms with van der Waals surface area (Å²) in [6, 6.07) is 0. The molecule has 1 aromatic heterocycles. The molecule has 0 aliphatic heterocycles. The molecule has 0 atom stereocenters.